The Morgan fingerprint density at radius 3 is 2.53 bits per heavy atom. The predicted molar refractivity (Wildman–Crippen MR) is 64.6 cm³/mol. The van der Waals surface area contributed by atoms with E-state index in [1.165, 1.54) is 11.3 Å². The molecule has 2 heterocycles. The van der Waals surface area contributed by atoms with E-state index in [4.69, 9.17) is 0 Å². The lowest BCUT2D eigenvalue weighted by molar-refractivity contribution is 0.497. The predicted octanol–water partition coefficient (Wildman–Crippen LogP) is 1.70. The molecule has 1 saturated heterocycles. The van der Waals surface area contributed by atoms with Gasteiger partial charge < -0.3 is 5.32 Å². The maximum Gasteiger partial charge on any atom is 0.190 e. The summed E-state index contributed by atoms with van der Waals surface area (Å²) in [4.78, 5) is 0. The van der Waals surface area contributed by atoms with Crippen molar-refractivity contribution in [3.8, 4) is 0 Å². The average Bonchev–Trinajstić information content (AvgIpc) is 2.72. The van der Waals surface area contributed by atoms with Crippen molar-refractivity contribution in [2.75, 3.05) is 13.1 Å². The number of piperidine rings is 1. The molecule has 86 valence electrons. The van der Waals surface area contributed by atoms with Crippen LogP contribution in [0, 0.1) is 0 Å². The number of hydrogen-bond donors (Lipinski definition) is 1. The van der Waals surface area contributed by atoms with E-state index in [2.05, 4.69) is 5.32 Å². The third-order valence-electron chi connectivity index (χ3n) is 2.50. The highest BCUT2D eigenvalue weighted by Gasteiger charge is 2.29. The summed E-state index contributed by atoms with van der Waals surface area (Å²) in [5, 5.41) is 4.81. The largest absolute Gasteiger partial charge is 0.317 e. The summed E-state index contributed by atoms with van der Waals surface area (Å²) in [5.41, 5.74) is 0. The number of hydrogen-bond acceptors (Lipinski definition) is 4. The number of nitrogens with one attached hydrogen (secondary N) is 1. The van der Waals surface area contributed by atoms with Gasteiger partial charge in [0, 0.05) is 0 Å². The molecule has 1 aromatic rings. The average molecular weight is 268 g/mol. The molecule has 0 saturated carbocycles. The monoisotopic (exact) mass is 267 g/mol. The quantitative estimate of drug-likeness (QED) is 0.887. The molecule has 0 amide bonds. The van der Waals surface area contributed by atoms with Crippen molar-refractivity contribution >= 4 is 33.6 Å². The summed E-state index contributed by atoms with van der Waals surface area (Å²) >= 11 is 1.32. The third kappa shape index (κ3) is 2.72. The van der Waals surface area contributed by atoms with Crippen LogP contribution in [0.4, 0.5) is 0 Å². The van der Waals surface area contributed by atoms with Gasteiger partial charge in [0.1, 0.15) is 4.21 Å². The van der Waals surface area contributed by atoms with Crippen LogP contribution in [0.2, 0.25) is 0 Å². The van der Waals surface area contributed by atoms with Gasteiger partial charge in [0.25, 0.3) is 0 Å². The van der Waals surface area contributed by atoms with Crippen molar-refractivity contribution in [3.63, 3.8) is 0 Å². The zero-order valence-corrected chi connectivity index (χ0v) is 10.6. The molecule has 6 heteroatoms. The van der Waals surface area contributed by atoms with E-state index >= 15 is 0 Å². The summed E-state index contributed by atoms with van der Waals surface area (Å²) in [6, 6.07) is 3.49. The molecule has 1 N–H and O–H groups in total. The van der Waals surface area contributed by atoms with Crippen LogP contribution >= 0.6 is 23.7 Å². The normalized spacial score (nSPS) is 18.4. The molecule has 1 aromatic heterocycles. The second kappa shape index (κ2) is 5.30. The first-order chi connectivity index (χ1) is 6.71. The van der Waals surface area contributed by atoms with Crippen molar-refractivity contribution < 1.29 is 8.42 Å². The Morgan fingerprint density at radius 1 is 1.33 bits per heavy atom. The van der Waals surface area contributed by atoms with Crippen LogP contribution < -0.4 is 5.32 Å². The van der Waals surface area contributed by atoms with Gasteiger partial charge >= 0.3 is 0 Å². The van der Waals surface area contributed by atoms with Crippen LogP contribution in [0.25, 0.3) is 0 Å². The van der Waals surface area contributed by atoms with Crippen LogP contribution in [-0.4, -0.2) is 26.8 Å². The van der Waals surface area contributed by atoms with Crippen LogP contribution in [0.1, 0.15) is 12.8 Å². The number of halogens is 1. The highest BCUT2D eigenvalue weighted by Crippen LogP contribution is 2.25. The zero-order chi connectivity index (χ0) is 10.0. The van der Waals surface area contributed by atoms with Crippen molar-refractivity contribution in [1.29, 1.82) is 0 Å². The van der Waals surface area contributed by atoms with Crippen LogP contribution in [-0.2, 0) is 9.84 Å². The first-order valence-electron chi connectivity index (χ1n) is 4.69. The summed E-state index contributed by atoms with van der Waals surface area (Å²) in [6.45, 7) is 1.63. The summed E-state index contributed by atoms with van der Waals surface area (Å²) in [7, 11) is -3.04. The van der Waals surface area contributed by atoms with Gasteiger partial charge in [-0.3, -0.25) is 0 Å². The minimum atomic E-state index is -3.04. The van der Waals surface area contributed by atoms with E-state index in [0.29, 0.717) is 4.21 Å². The summed E-state index contributed by atoms with van der Waals surface area (Å²) in [6.07, 6.45) is 1.47. The Hall–Kier alpha value is -0.100. The highest BCUT2D eigenvalue weighted by molar-refractivity contribution is 7.94. The molecule has 3 nitrogen and oxygen atoms in total. The van der Waals surface area contributed by atoms with E-state index in [1.807, 2.05) is 5.38 Å². The van der Waals surface area contributed by atoms with Gasteiger partial charge in [0.05, 0.1) is 5.25 Å². The molecule has 0 bridgehead atoms. The van der Waals surface area contributed by atoms with Gasteiger partial charge in [0.15, 0.2) is 9.84 Å². The first kappa shape index (κ1) is 13.0. The lowest BCUT2D eigenvalue weighted by Gasteiger charge is -2.21. The number of rotatable bonds is 2. The van der Waals surface area contributed by atoms with E-state index < -0.39 is 9.84 Å². The maximum absolute atomic E-state index is 12.0. The molecule has 0 spiro atoms. The molecule has 0 unspecified atom stereocenters. The van der Waals surface area contributed by atoms with E-state index in [9.17, 15) is 8.42 Å². The van der Waals surface area contributed by atoms with Gasteiger partial charge in [-0.05, 0) is 37.4 Å². The molecule has 0 aliphatic carbocycles. The van der Waals surface area contributed by atoms with Crippen molar-refractivity contribution in [2.45, 2.75) is 22.3 Å². The van der Waals surface area contributed by atoms with Gasteiger partial charge in [-0.1, -0.05) is 6.07 Å². The molecule has 0 atom stereocenters. The van der Waals surface area contributed by atoms with Crippen LogP contribution in [0.5, 0.6) is 0 Å². The minimum Gasteiger partial charge on any atom is -0.317 e. The van der Waals surface area contributed by atoms with Crippen molar-refractivity contribution in [2.24, 2.45) is 0 Å². The molecule has 0 radical (unpaired) electrons. The Kier molecular flexibility index (Phi) is 4.58. The summed E-state index contributed by atoms with van der Waals surface area (Å²) < 4.78 is 24.6. The van der Waals surface area contributed by atoms with Gasteiger partial charge in [-0.2, -0.15) is 0 Å². The fraction of sp³-hybridized carbons (Fsp3) is 0.556. The second-order valence-corrected chi connectivity index (χ2v) is 6.83. The fourth-order valence-corrected chi connectivity index (χ4v) is 4.71. The maximum atomic E-state index is 12.0. The first-order valence-corrected chi connectivity index (χ1v) is 7.12. The molecule has 1 aliphatic rings. The topological polar surface area (TPSA) is 46.2 Å². The molecule has 2 rings (SSSR count). The number of thiophene rings is 1. The van der Waals surface area contributed by atoms with Crippen LogP contribution in [0.3, 0.4) is 0 Å². The Labute approximate surface area is 100 Å². The van der Waals surface area contributed by atoms with E-state index in [0.717, 1.165) is 25.9 Å². The Morgan fingerprint density at radius 2 is 2.00 bits per heavy atom. The Bertz CT molecular complexity index is 382. The molecule has 1 aliphatic heterocycles. The summed E-state index contributed by atoms with van der Waals surface area (Å²) in [5.74, 6) is 0. The lowest BCUT2D eigenvalue weighted by atomic mass is 10.2. The molecule has 15 heavy (non-hydrogen) atoms. The second-order valence-electron chi connectivity index (χ2n) is 3.43. The molecular weight excluding hydrogens is 254 g/mol. The lowest BCUT2D eigenvalue weighted by Crippen LogP contribution is -2.35. The third-order valence-corrected chi connectivity index (χ3v) is 6.19. The SMILES string of the molecule is Cl.O=S(=O)(c1cccs1)C1CCNCC1. The molecular formula is C9H14ClNO2S2. The number of sulfone groups is 1. The smallest absolute Gasteiger partial charge is 0.190 e. The highest BCUT2D eigenvalue weighted by atomic mass is 35.5. The molecule has 0 aromatic carbocycles. The standard InChI is InChI=1S/C9H13NO2S2.ClH/c11-14(12,9-2-1-7-13-9)8-3-5-10-6-4-8;/h1-2,7-8,10H,3-6H2;1H. The van der Waals surface area contributed by atoms with E-state index in [1.54, 1.807) is 12.1 Å². The van der Waals surface area contributed by atoms with Gasteiger partial charge in [0.2, 0.25) is 0 Å². The van der Waals surface area contributed by atoms with E-state index in [-0.39, 0.29) is 17.7 Å². The van der Waals surface area contributed by atoms with Crippen LogP contribution in [0.15, 0.2) is 21.7 Å². The molecule has 1 fully saturated rings. The Balaban J connectivity index is 0.00000112. The fourth-order valence-electron chi connectivity index (χ4n) is 1.70. The van der Waals surface area contributed by atoms with Gasteiger partial charge in [-0.25, -0.2) is 8.42 Å². The van der Waals surface area contributed by atoms with Crippen molar-refractivity contribution in [1.82, 2.24) is 5.32 Å². The minimum absolute atomic E-state index is 0. The van der Waals surface area contributed by atoms with Gasteiger partial charge in [-0.15, -0.1) is 23.7 Å². The zero-order valence-electron chi connectivity index (χ0n) is 8.18. The van der Waals surface area contributed by atoms with Crippen molar-refractivity contribution in [3.05, 3.63) is 17.5 Å².